The van der Waals surface area contributed by atoms with Gasteiger partial charge < -0.3 is 9.72 Å². The average Bonchev–Trinajstić information content (AvgIpc) is 2.80. The summed E-state index contributed by atoms with van der Waals surface area (Å²) in [5.41, 5.74) is 3.57. The Bertz CT molecular complexity index is 793. The van der Waals surface area contributed by atoms with Gasteiger partial charge in [-0.25, -0.2) is 4.98 Å². The Kier molecular flexibility index (Phi) is 3.75. The molecule has 21 heavy (non-hydrogen) atoms. The number of aryl methyl sites for hydroxylation is 1. The lowest BCUT2D eigenvalue weighted by Gasteiger charge is -2.06. The number of rotatable bonds is 3. The number of hydrogen-bond acceptors (Lipinski definition) is 2. The van der Waals surface area contributed by atoms with Gasteiger partial charge in [0.1, 0.15) is 5.65 Å². The van der Waals surface area contributed by atoms with Crippen molar-refractivity contribution < 1.29 is 4.79 Å². The van der Waals surface area contributed by atoms with Gasteiger partial charge in [0, 0.05) is 16.9 Å². The van der Waals surface area contributed by atoms with E-state index in [9.17, 15) is 4.79 Å². The zero-order valence-corrected chi connectivity index (χ0v) is 13.1. The molecule has 106 valence electrons. The molecule has 1 amide bonds. The maximum atomic E-state index is 12.1. The number of anilines is 1. The van der Waals surface area contributed by atoms with E-state index in [-0.39, 0.29) is 5.91 Å². The van der Waals surface area contributed by atoms with Crippen LogP contribution >= 0.6 is 15.9 Å². The molecule has 1 aromatic carbocycles. The molecular weight excluding hydrogens is 330 g/mol. The number of fused-ring (bicyclic) bond motifs is 1. The van der Waals surface area contributed by atoms with Crippen LogP contribution in [0.25, 0.3) is 5.65 Å². The van der Waals surface area contributed by atoms with Gasteiger partial charge in [-0.3, -0.25) is 4.79 Å². The summed E-state index contributed by atoms with van der Waals surface area (Å²) in [6.45, 7) is 1.94. The first-order valence-corrected chi connectivity index (χ1v) is 7.39. The number of pyridine rings is 1. The van der Waals surface area contributed by atoms with Gasteiger partial charge >= 0.3 is 0 Å². The molecule has 0 atom stereocenters. The molecule has 0 saturated heterocycles. The van der Waals surface area contributed by atoms with Crippen LogP contribution in [-0.4, -0.2) is 15.3 Å². The number of carbonyl (C=O) groups excluding carboxylic acids is 1. The van der Waals surface area contributed by atoms with E-state index in [2.05, 4.69) is 26.2 Å². The van der Waals surface area contributed by atoms with E-state index in [1.807, 2.05) is 60.1 Å². The molecule has 2 heterocycles. The fourth-order valence-electron chi connectivity index (χ4n) is 2.19. The van der Waals surface area contributed by atoms with E-state index in [0.29, 0.717) is 6.42 Å². The van der Waals surface area contributed by atoms with Crippen molar-refractivity contribution in [2.75, 3.05) is 5.32 Å². The number of halogens is 1. The van der Waals surface area contributed by atoms with Crippen molar-refractivity contribution in [2.24, 2.45) is 0 Å². The molecule has 0 radical (unpaired) electrons. The number of nitrogens with one attached hydrogen (secondary N) is 1. The molecule has 5 heteroatoms. The summed E-state index contributed by atoms with van der Waals surface area (Å²) < 4.78 is 2.91. The first-order valence-electron chi connectivity index (χ1n) is 6.60. The van der Waals surface area contributed by atoms with E-state index < -0.39 is 0 Å². The largest absolute Gasteiger partial charge is 0.324 e. The molecule has 1 N–H and O–H groups in total. The second-order valence-electron chi connectivity index (χ2n) is 4.92. The van der Waals surface area contributed by atoms with E-state index in [1.54, 1.807) is 0 Å². The maximum absolute atomic E-state index is 12.1. The Morgan fingerprint density at radius 3 is 2.71 bits per heavy atom. The Hall–Kier alpha value is -2.14. The lowest BCUT2D eigenvalue weighted by atomic mass is 10.1. The van der Waals surface area contributed by atoms with E-state index in [4.69, 9.17) is 0 Å². The minimum absolute atomic E-state index is 0.0338. The molecular formula is C16H14BrN3O. The predicted octanol–water partition coefficient (Wildman–Crippen LogP) is 3.59. The van der Waals surface area contributed by atoms with E-state index >= 15 is 0 Å². The topological polar surface area (TPSA) is 46.4 Å². The summed E-state index contributed by atoms with van der Waals surface area (Å²) >= 11 is 3.38. The number of hydrogen-bond donors (Lipinski definition) is 1. The van der Waals surface area contributed by atoms with Gasteiger partial charge in [-0.1, -0.05) is 28.1 Å². The van der Waals surface area contributed by atoms with Crippen LogP contribution in [0.5, 0.6) is 0 Å². The highest BCUT2D eigenvalue weighted by Gasteiger charge is 2.05. The highest BCUT2D eigenvalue weighted by Crippen LogP contribution is 2.14. The molecule has 0 saturated carbocycles. The molecule has 0 unspecified atom stereocenters. The fraction of sp³-hybridized carbons (Fsp3) is 0.125. The molecule has 0 aliphatic carbocycles. The second kappa shape index (κ2) is 5.69. The lowest BCUT2D eigenvalue weighted by Crippen LogP contribution is -2.14. The van der Waals surface area contributed by atoms with Crippen LogP contribution in [0.15, 0.2) is 53.3 Å². The zero-order chi connectivity index (χ0) is 14.8. The van der Waals surface area contributed by atoms with Crippen LogP contribution in [0.3, 0.4) is 0 Å². The normalized spacial score (nSPS) is 10.8. The Morgan fingerprint density at radius 1 is 1.19 bits per heavy atom. The number of imidazole rings is 1. The molecule has 2 aromatic heterocycles. The maximum Gasteiger partial charge on any atom is 0.228 e. The van der Waals surface area contributed by atoms with Gasteiger partial charge in [0.05, 0.1) is 17.8 Å². The minimum Gasteiger partial charge on any atom is -0.324 e. The summed E-state index contributed by atoms with van der Waals surface area (Å²) in [4.78, 5) is 16.4. The third kappa shape index (κ3) is 3.31. The molecule has 3 rings (SSSR count). The second-order valence-corrected chi connectivity index (χ2v) is 5.83. The first-order chi connectivity index (χ1) is 10.1. The van der Waals surface area contributed by atoms with Crippen molar-refractivity contribution in [1.82, 2.24) is 9.38 Å². The third-order valence-corrected chi connectivity index (χ3v) is 3.66. The average molecular weight is 344 g/mol. The van der Waals surface area contributed by atoms with Gasteiger partial charge in [-0.05, 0) is 36.8 Å². The van der Waals surface area contributed by atoms with Crippen LogP contribution in [0.4, 0.5) is 5.69 Å². The standard InChI is InChI=1S/C16H14BrN3O/c1-11-9-20-10-14(6-7-15(20)18-11)19-16(21)8-12-2-4-13(17)5-3-12/h2-7,9-10H,8H2,1H3,(H,19,21). The Balaban J connectivity index is 1.71. The number of amides is 1. The number of nitrogens with zero attached hydrogens (tertiary/aromatic N) is 2. The van der Waals surface area contributed by atoms with Crippen molar-refractivity contribution in [3.63, 3.8) is 0 Å². The zero-order valence-electron chi connectivity index (χ0n) is 11.5. The van der Waals surface area contributed by atoms with Crippen molar-refractivity contribution in [1.29, 1.82) is 0 Å². The lowest BCUT2D eigenvalue weighted by molar-refractivity contribution is -0.115. The van der Waals surface area contributed by atoms with Gasteiger partial charge in [-0.15, -0.1) is 0 Å². The monoisotopic (exact) mass is 343 g/mol. The van der Waals surface area contributed by atoms with Gasteiger partial charge in [0.2, 0.25) is 5.91 Å². The molecule has 0 bridgehead atoms. The quantitative estimate of drug-likeness (QED) is 0.789. The van der Waals surface area contributed by atoms with Crippen LogP contribution in [0, 0.1) is 6.92 Å². The highest BCUT2D eigenvalue weighted by atomic mass is 79.9. The Labute approximate surface area is 131 Å². The van der Waals surface area contributed by atoms with Crippen molar-refractivity contribution >= 4 is 33.2 Å². The summed E-state index contributed by atoms with van der Waals surface area (Å²) in [7, 11) is 0. The van der Waals surface area contributed by atoms with Crippen molar-refractivity contribution in [3.05, 3.63) is 64.5 Å². The number of aromatic nitrogens is 2. The van der Waals surface area contributed by atoms with Gasteiger partial charge in [-0.2, -0.15) is 0 Å². The molecule has 4 nitrogen and oxygen atoms in total. The van der Waals surface area contributed by atoms with Crippen molar-refractivity contribution in [2.45, 2.75) is 13.3 Å². The summed E-state index contributed by atoms with van der Waals surface area (Å²) in [6, 6.07) is 11.5. The summed E-state index contributed by atoms with van der Waals surface area (Å²) in [6.07, 6.45) is 4.16. The molecule has 0 fully saturated rings. The highest BCUT2D eigenvalue weighted by molar-refractivity contribution is 9.10. The molecule has 3 aromatic rings. The van der Waals surface area contributed by atoms with E-state index in [0.717, 1.165) is 27.1 Å². The minimum atomic E-state index is -0.0338. The van der Waals surface area contributed by atoms with Crippen LogP contribution < -0.4 is 5.32 Å². The first kappa shape index (κ1) is 13.8. The summed E-state index contributed by atoms with van der Waals surface area (Å²) in [5.74, 6) is -0.0338. The van der Waals surface area contributed by atoms with E-state index in [1.165, 1.54) is 0 Å². The fourth-order valence-corrected chi connectivity index (χ4v) is 2.45. The Morgan fingerprint density at radius 2 is 1.95 bits per heavy atom. The summed E-state index contributed by atoms with van der Waals surface area (Å²) in [5, 5.41) is 2.91. The predicted molar refractivity (Wildman–Crippen MR) is 86.4 cm³/mol. The van der Waals surface area contributed by atoms with Crippen LogP contribution in [0.1, 0.15) is 11.3 Å². The smallest absolute Gasteiger partial charge is 0.228 e. The number of carbonyl (C=O) groups is 1. The van der Waals surface area contributed by atoms with Gasteiger partial charge in [0.15, 0.2) is 0 Å². The molecule has 0 aliphatic rings. The van der Waals surface area contributed by atoms with Gasteiger partial charge in [0.25, 0.3) is 0 Å². The molecule has 0 aliphatic heterocycles. The van der Waals surface area contributed by atoms with Crippen LogP contribution in [-0.2, 0) is 11.2 Å². The SMILES string of the molecule is Cc1cn2cc(NC(=O)Cc3ccc(Br)cc3)ccc2n1. The third-order valence-electron chi connectivity index (χ3n) is 3.13. The van der Waals surface area contributed by atoms with Crippen molar-refractivity contribution in [3.8, 4) is 0 Å². The molecule has 0 spiro atoms. The van der Waals surface area contributed by atoms with Crippen LogP contribution in [0.2, 0.25) is 0 Å². The number of benzene rings is 1.